The maximum Gasteiger partial charge on any atom is 0.160 e. The third-order valence-corrected chi connectivity index (χ3v) is 3.48. The molecule has 1 heterocycles. The van der Waals surface area contributed by atoms with Crippen LogP contribution in [0.25, 0.3) is 10.1 Å². The molecule has 1 aromatic heterocycles. The van der Waals surface area contributed by atoms with E-state index in [0.29, 0.717) is 16.4 Å². The number of nitrogens with two attached hydrogens (primary N) is 1. The number of hydrogen-bond donors (Lipinski definition) is 1. The van der Waals surface area contributed by atoms with E-state index in [9.17, 15) is 4.79 Å². The van der Waals surface area contributed by atoms with Gasteiger partial charge in [-0.3, -0.25) is 4.79 Å². The molecule has 0 spiro atoms. The molecular formula is C10H8ClNOS. The zero-order valence-corrected chi connectivity index (χ0v) is 8.86. The van der Waals surface area contributed by atoms with E-state index in [0.717, 1.165) is 21.9 Å². The highest BCUT2D eigenvalue weighted by Gasteiger charge is 2.07. The van der Waals surface area contributed by atoms with Crippen LogP contribution in [-0.2, 0) is 5.88 Å². The van der Waals surface area contributed by atoms with Crippen LogP contribution < -0.4 is 5.73 Å². The summed E-state index contributed by atoms with van der Waals surface area (Å²) in [5.41, 5.74) is 7.51. The van der Waals surface area contributed by atoms with Crippen molar-refractivity contribution in [1.29, 1.82) is 0 Å². The molecule has 1 aromatic carbocycles. The van der Waals surface area contributed by atoms with Crippen molar-refractivity contribution in [1.82, 2.24) is 0 Å². The van der Waals surface area contributed by atoms with Gasteiger partial charge in [-0.05, 0) is 23.1 Å². The van der Waals surface area contributed by atoms with E-state index in [1.165, 1.54) is 11.3 Å². The van der Waals surface area contributed by atoms with Gasteiger partial charge in [-0.1, -0.05) is 6.07 Å². The van der Waals surface area contributed by atoms with Gasteiger partial charge in [0.15, 0.2) is 6.29 Å². The van der Waals surface area contributed by atoms with E-state index in [1.807, 2.05) is 18.2 Å². The predicted octanol–water partition coefficient (Wildman–Crippen LogP) is 3.03. The number of rotatable bonds is 2. The quantitative estimate of drug-likeness (QED) is 0.485. The Bertz CT molecular complexity index is 492. The molecule has 2 N–H and O–H groups in total. The summed E-state index contributed by atoms with van der Waals surface area (Å²) in [4.78, 5) is 11.3. The molecule has 0 aliphatic carbocycles. The molecule has 2 aromatic rings. The Kier molecular flexibility index (Phi) is 2.44. The molecule has 0 aliphatic rings. The van der Waals surface area contributed by atoms with Crippen LogP contribution in [-0.4, -0.2) is 6.29 Å². The van der Waals surface area contributed by atoms with E-state index in [-0.39, 0.29) is 0 Å². The highest BCUT2D eigenvalue weighted by molar-refractivity contribution is 7.21. The van der Waals surface area contributed by atoms with Gasteiger partial charge in [0.25, 0.3) is 0 Å². The van der Waals surface area contributed by atoms with E-state index in [4.69, 9.17) is 17.3 Å². The summed E-state index contributed by atoms with van der Waals surface area (Å²) in [6, 6.07) is 5.55. The number of hydrogen-bond acceptors (Lipinski definition) is 3. The number of benzene rings is 1. The lowest BCUT2D eigenvalue weighted by molar-refractivity contribution is 0.112. The topological polar surface area (TPSA) is 43.1 Å². The van der Waals surface area contributed by atoms with Crippen LogP contribution in [0.1, 0.15) is 15.2 Å². The molecule has 4 heteroatoms. The second-order valence-corrected chi connectivity index (χ2v) is 4.31. The Labute approximate surface area is 90.3 Å². The molecule has 2 nitrogen and oxygen atoms in total. The summed E-state index contributed by atoms with van der Waals surface area (Å²) < 4.78 is 0.949. The van der Waals surface area contributed by atoms with Gasteiger partial charge < -0.3 is 5.73 Å². The fourth-order valence-corrected chi connectivity index (χ4v) is 2.57. The first-order valence-corrected chi connectivity index (χ1v) is 5.43. The number of aldehydes is 1. The molecule has 0 aliphatic heterocycles. The average Bonchev–Trinajstić information content (AvgIpc) is 2.63. The molecule has 0 saturated heterocycles. The van der Waals surface area contributed by atoms with Crippen LogP contribution in [0.3, 0.4) is 0 Å². The Hall–Kier alpha value is -1.06. The Morgan fingerprint density at radius 3 is 2.93 bits per heavy atom. The smallest absolute Gasteiger partial charge is 0.160 e. The van der Waals surface area contributed by atoms with E-state index < -0.39 is 0 Å². The summed E-state index contributed by atoms with van der Waals surface area (Å²) in [6.07, 6.45) is 0.835. The minimum Gasteiger partial charge on any atom is -0.398 e. The molecule has 72 valence electrons. The molecule has 0 saturated carbocycles. The van der Waals surface area contributed by atoms with Gasteiger partial charge >= 0.3 is 0 Å². The summed E-state index contributed by atoms with van der Waals surface area (Å²) in [7, 11) is 0. The molecule has 0 fully saturated rings. The van der Waals surface area contributed by atoms with E-state index >= 15 is 0 Å². The fraction of sp³-hybridized carbons (Fsp3) is 0.100. The van der Waals surface area contributed by atoms with Gasteiger partial charge in [0.1, 0.15) is 0 Å². The van der Waals surface area contributed by atoms with Crippen molar-refractivity contribution < 1.29 is 4.79 Å². The van der Waals surface area contributed by atoms with Crippen molar-refractivity contribution in [3.8, 4) is 0 Å². The van der Waals surface area contributed by atoms with Crippen LogP contribution in [0, 0.1) is 0 Å². The maximum atomic E-state index is 10.6. The monoisotopic (exact) mass is 225 g/mol. The molecule has 2 rings (SSSR count). The third kappa shape index (κ3) is 1.38. The van der Waals surface area contributed by atoms with Gasteiger partial charge in [-0.2, -0.15) is 0 Å². The van der Waals surface area contributed by atoms with Crippen molar-refractivity contribution in [3.05, 3.63) is 28.6 Å². The van der Waals surface area contributed by atoms with Crippen molar-refractivity contribution in [3.63, 3.8) is 0 Å². The van der Waals surface area contributed by atoms with Crippen LogP contribution >= 0.6 is 22.9 Å². The van der Waals surface area contributed by atoms with Crippen LogP contribution in [0.15, 0.2) is 18.2 Å². The molecule has 0 unspecified atom stereocenters. The van der Waals surface area contributed by atoms with Crippen LogP contribution in [0.5, 0.6) is 0 Å². The average molecular weight is 226 g/mol. The summed E-state index contributed by atoms with van der Waals surface area (Å²) in [5, 5.41) is 0.993. The lowest BCUT2D eigenvalue weighted by Crippen LogP contribution is -1.86. The SMILES string of the molecule is Nc1ccc(CCl)c2cc(C=O)sc12. The van der Waals surface area contributed by atoms with Gasteiger partial charge in [0.2, 0.25) is 0 Å². The second kappa shape index (κ2) is 3.59. The standard InChI is InChI=1S/C10H8ClNOS/c11-4-6-1-2-9(12)10-8(6)3-7(5-13)14-10/h1-3,5H,4,12H2. The molecule has 0 atom stereocenters. The lowest BCUT2D eigenvalue weighted by Gasteiger charge is -2.00. The number of thiophene rings is 1. The Balaban J connectivity index is 2.81. The number of alkyl halides is 1. The van der Waals surface area contributed by atoms with E-state index in [1.54, 1.807) is 0 Å². The van der Waals surface area contributed by atoms with Gasteiger partial charge in [0, 0.05) is 11.6 Å². The number of carbonyl (C=O) groups is 1. The summed E-state index contributed by atoms with van der Waals surface area (Å²) in [6.45, 7) is 0. The van der Waals surface area contributed by atoms with Crippen molar-refractivity contribution in [2.75, 3.05) is 5.73 Å². The minimum atomic E-state index is 0.436. The lowest BCUT2D eigenvalue weighted by atomic mass is 10.1. The molecule has 14 heavy (non-hydrogen) atoms. The highest BCUT2D eigenvalue weighted by Crippen LogP contribution is 2.32. The van der Waals surface area contributed by atoms with Crippen molar-refractivity contribution in [2.24, 2.45) is 0 Å². The van der Waals surface area contributed by atoms with Crippen LogP contribution in [0.4, 0.5) is 5.69 Å². The van der Waals surface area contributed by atoms with Crippen LogP contribution in [0.2, 0.25) is 0 Å². The van der Waals surface area contributed by atoms with Crippen molar-refractivity contribution in [2.45, 2.75) is 5.88 Å². The summed E-state index contributed by atoms with van der Waals surface area (Å²) in [5.74, 6) is 0.436. The van der Waals surface area contributed by atoms with Crippen molar-refractivity contribution >= 4 is 45.0 Å². The molecule has 0 amide bonds. The zero-order chi connectivity index (χ0) is 10.1. The Morgan fingerprint density at radius 1 is 1.50 bits per heavy atom. The number of halogens is 1. The van der Waals surface area contributed by atoms with E-state index in [2.05, 4.69) is 0 Å². The fourth-order valence-electron chi connectivity index (χ4n) is 1.39. The number of fused-ring (bicyclic) bond motifs is 1. The Morgan fingerprint density at radius 2 is 2.29 bits per heavy atom. The number of carbonyl (C=O) groups excluding carboxylic acids is 1. The molecule has 0 bridgehead atoms. The second-order valence-electron chi connectivity index (χ2n) is 2.96. The summed E-state index contributed by atoms with van der Waals surface area (Å²) >= 11 is 7.19. The first kappa shape index (κ1) is 9.49. The predicted molar refractivity (Wildman–Crippen MR) is 61.2 cm³/mol. The normalized spacial score (nSPS) is 10.6. The maximum absolute atomic E-state index is 10.6. The highest BCUT2D eigenvalue weighted by atomic mass is 35.5. The van der Waals surface area contributed by atoms with Gasteiger partial charge in [-0.15, -0.1) is 22.9 Å². The number of anilines is 1. The van der Waals surface area contributed by atoms with Gasteiger partial charge in [0.05, 0.1) is 9.58 Å². The third-order valence-electron chi connectivity index (χ3n) is 2.08. The number of nitrogen functional groups attached to an aromatic ring is 1. The molecule has 0 radical (unpaired) electrons. The van der Waals surface area contributed by atoms with Gasteiger partial charge in [-0.25, -0.2) is 0 Å². The first-order valence-electron chi connectivity index (χ1n) is 4.08. The largest absolute Gasteiger partial charge is 0.398 e. The zero-order valence-electron chi connectivity index (χ0n) is 7.29. The first-order chi connectivity index (χ1) is 6.76. The minimum absolute atomic E-state index is 0.436. The molecular weight excluding hydrogens is 218 g/mol.